The monoisotopic (exact) mass is 559 g/mol. The molecular weight excluding hydrogens is 525 g/mol. The average Bonchev–Trinajstić information content (AvgIpc) is 3.10. The van der Waals surface area contributed by atoms with Crippen LogP contribution in [0.2, 0.25) is 0 Å². The molecule has 3 rings (SSSR count). The fourth-order valence-electron chi connectivity index (χ4n) is 3.52. The second kappa shape index (κ2) is 13.2. The number of morpholine rings is 1. The molecule has 9 heteroatoms. The van der Waals surface area contributed by atoms with Gasteiger partial charge in [-0.3, -0.25) is 9.89 Å². The minimum atomic E-state index is 0. The zero-order valence-electron chi connectivity index (χ0n) is 18.8. The lowest BCUT2D eigenvalue weighted by Gasteiger charge is -2.35. The molecule has 2 N–H and O–H groups in total. The van der Waals surface area contributed by atoms with Gasteiger partial charge in [-0.15, -0.1) is 35.3 Å². The Hall–Kier alpha value is -1.43. The van der Waals surface area contributed by atoms with Gasteiger partial charge in [0.25, 0.3) is 0 Å². The number of aryl methyl sites for hydroxylation is 2. The highest BCUT2D eigenvalue weighted by Crippen LogP contribution is 2.23. The summed E-state index contributed by atoms with van der Waals surface area (Å²) in [5.74, 6) is 1.68. The van der Waals surface area contributed by atoms with Gasteiger partial charge in [-0.05, 0) is 31.5 Å². The summed E-state index contributed by atoms with van der Waals surface area (Å²) < 4.78 is 10.9. The predicted molar refractivity (Wildman–Crippen MR) is 138 cm³/mol. The molecule has 7 nitrogen and oxygen atoms in total. The zero-order chi connectivity index (χ0) is 21.3. The van der Waals surface area contributed by atoms with Crippen LogP contribution in [0.1, 0.15) is 27.2 Å². The summed E-state index contributed by atoms with van der Waals surface area (Å²) in [6.45, 7) is 9.14. The number of methoxy groups -OCH3 is 1. The molecule has 1 fully saturated rings. The molecule has 0 amide bonds. The van der Waals surface area contributed by atoms with E-state index < -0.39 is 0 Å². The summed E-state index contributed by atoms with van der Waals surface area (Å²) in [5.41, 5.74) is 2.39. The van der Waals surface area contributed by atoms with Gasteiger partial charge < -0.3 is 20.1 Å². The molecule has 0 aliphatic carbocycles. The summed E-state index contributed by atoms with van der Waals surface area (Å²) in [6, 6.07) is 8.57. The van der Waals surface area contributed by atoms with Crippen LogP contribution < -0.4 is 15.4 Å². The molecule has 1 atom stereocenters. The number of ether oxygens (including phenoxy) is 2. The molecule has 31 heavy (non-hydrogen) atoms. The lowest BCUT2D eigenvalue weighted by atomic mass is 10.0. The Kier molecular flexibility index (Phi) is 11.0. The van der Waals surface area contributed by atoms with E-state index in [0.717, 1.165) is 68.2 Å². The van der Waals surface area contributed by atoms with Crippen molar-refractivity contribution in [2.45, 2.75) is 26.3 Å². The van der Waals surface area contributed by atoms with Crippen molar-refractivity contribution in [3.63, 3.8) is 0 Å². The van der Waals surface area contributed by atoms with E-state index in [9.17, 15) is 0 Å². The van der Waals surface area contributed by atoms with Gasteiger partial charge in [0.2, 0.25) is 0 Å². The quantitative estimate of drug-likeness (QED) is 0.294. The number of nitrogens with zero attached hydrogens (tertiary/aromatic N) is 3. The van der Waals surface area contributed by atoms with E-state index in [1.807, 2.05) is 19.2 Å². The van der Waals surface area contributed by atoms with E-state index in [0.29, 0.717) is 0 Å². The van der Waals surface area contributed by atoms with Crippen molar-refractivity contribution in [3.8, 4) is 5.75 Å². The van der Waals surface area contributed by atoms with Gasteiger partial charge in [0.1, 0.15) is 5.75 Å². The molecule has 0 saturated carbocycles. The van der Waals surface area contributed by atoms with Crippen LogP contribution in [0.3, 0.4) is 0 Å². The molecule has 1 aliphatic heterocycles. The van der Waals surface area contributed by atoms with Gasteiger partial charge in [0.05, 0.1) is 37.1 Å². The number of nitrogens with one attached hydrogen (secondary N) is 2. The van der Waals surface area contributed by atoms with Crippen molar-refractivity contribution in [2.24, 2.45) is 4.99 Å². The Morgan fingerprint density at radius 1 is 1.23 bits per heavy atom. The first-order valence-corrected chi connectivity index (χ1v) is 11.3. The van der Waals surface area contributed by atoms with E-state index in [1.54, 1.807) is 18.4 Å². The minimum absolute atomic E-state index is 0. The number of guanidine groups is 1. The summed E-state index contributed by atoms with van der Waals surface area (Å²) in [5, 5.41) is 8.09. The molecule has 1 aliphatic rings. The normalized spacial score (nSPS) is 15.8. The van der Waals surface area contributed by atoms with Crippen molar-refractivity contribution < 1.29 is 9.47 Å². The maximum absolute atomic E-state index is 5.55. The summed E-state index contributed by atoms with van der Waals surface area (Å²) in [7, 11) is 3.50. The van der Waals surface area contributed by atoms with Crippen molar-refractivity contribution in [3.05, 3.63) is 45.4 Å². The van der Waals surface area contributed by atoms with E-state index >= 15 is 0 Å². The van der Waals surface area contributed by atoms with Gasteiger partial charge in [-0.1, -0.05) is 12.1 Å². The average molecular weight is 560 g/mol. The summed E-state index contributed by atoms with van der Waals surface area (Å²) in [4.78, 5) is 12.8. The summed E-state index contributed by atoms with van der Waals surface area (Å²) >= 11 is 1.77. The lowest BCUT2D eigenvalue weighted by Crippen LogP contribution is -2.46. The van der Waals surface area contributed by atoms with Crippen molar-refractivity contribution in [1.29, 1.82) is 0 Å². The SMILES string of the molecule is CN=C(NCCc1nc(C)c(C)s1)NCC(c1ccc(OC)cc1)N1CCOCC1.I. The van der Waals surface area contributed by atoms with Gasteiger partial charge in [0, 0.05) is 44.5 Å². The molecule has 172 valence electrons. The van der Waals surface area contributed by atoms with Gasteiger partial charge >= 0.3 is 0 Å². The van der Waals surface area contributed by atoms with Crippen molar-refractivity contribution in [2.75, 3.05) is 53.6 Å². The Morgan fingerprint density at radius 2 is 1.94 bits per heavy atom. The van der Waals surface area contributed by atoms with Gasteiger partial charge in [0.15, 0.2) is 5.96 Å². The van der Waals surface area contributed by atoms with Crippen LogP contribution in [-0.4, -0.2) is 69.4 Å². The molecule has 0 bridgehead atoms. The molecule has 2 heterocycles. The second-order valence-electron chi connectivity index (χ2n) is 7.32. The minimum Gasteiger partial charge on any atom is -0.497 e. The second-order valence-corrected chi connectivity index (χ2v) is 8.60. The number of hydrogen-bond acceptors (Lipinski definition) is 6. The standard InChI is InChI=1S/C22H33N5O2S.HI/c1-16-17(2)30-21(26-16)9-10-24-22(23-3)25-15-20(27-11-13-29-14-12-27)18-5-7-19(28-4)8-6-18;/h5-8,20H,9-15H2,1-4H3,(H2,23,24,25);1H. The number of thiazole rings is 1. The first-order valence-electron chi connectivity index (χ1n) is 10.4. The number of benzene rings is 1. The number of aliphatic imine (C=N–C) groups is 1. The van der Waals surface area contributed by atoms with Crippen LogP contribution in [0.15, 0.2) is 29.3 Å². The topological polar surface area (TPSA) is 71.0 Å². The fraction of sp³-hybridized carbons (Fsp3) is 0.545. The van der Waals surface area contributed by atoms with E-state index in [2.05, 4.69) is 51.5 Å². The van der Waals surface area contributed by atoms with Crippen LogP contribution in [0.25, 0.3) is 0 Å². The third kappa shape index (κ3) is 7.58. The smallest absolute Gasteiger partial charge is 0.191 e. The lowest BCUT2D eigenvalue weighted by molar-refractivity contribution is 0.0170. The van der Waals surface area contributed by atoms with Crippen molar-refractivity contribution in [1.82, 2.24) is 20.5 Å². The van der Waals surface area contributed by atoms with Crippen LogP contribution in [0.5, 0.6) is 5.75 Å². The third-order valence-electron chi connectivity index (χ3n) is 5.38. The molecule has 1 aromatic carbocycles. The Labute approximate surface area is 206 Å². The highest BCUT2D eigenvalue weighted by atomic mass is 127. The fourth-order valence-corrected chi connectivity index (χ4v) is 4.45. The van der Waals surface area contributed by atoms with Gasteiger partial charge in [-0.2, -0.15) is 0 Å². The maximum Gasteiger partial charge on any atom is 0.191 e. The van der Waals surface area contributed by atoms with E-state index in [4.69, 9.17) is 9.47 Å². The van der Waals surface area contributed by atoms with Crippen LogP contribution in [0, 0.1) is 13.8 Å². The first kappa shape index (κ1) is 25.8. The van der Waals surface area contributed by atoms with E-state index in [1.165, 1.54) is 10.4 Å². The van der Waals surface area contributed by atoms with Crippen LogP contribution >= 0.6 is 35.3 Å². The molecule has 1 saturated heterocycles. The van der Waals surface area contributed by atoms with Crippen molar-refractivity contribution >= 4 is 41.3 Å². The first-order chi connectivity index (χ1) is 14.6. The largest absolute Gasteiger partial charge is 0.497 e. The predicted octanol–water partition coefficient (Wildman–Crippen LogP) is 3.17. The Balaban J connectivity index is 0.00000341. The molecule has 0 radical (unpaired) electrons. The summed E-state index contributed by atoms with van der Waals surface area (Å²) in [6.07, 6.45) is 0.894. The zero-order valence-corrected chi connectivity index (χ0v) is 22.0. The molecule has 0 spiro atoms. The number of aromatic nitrogens is 1. The molecule has 1 unspecified atom stereocenters. The van der Waals surface area contributed by atoms with Crippen LogP contribution in [0.4, 0.5) is 0 Å². The van der Waals surface area contributed by atoms with Crippen LogP contribution in [-0.2, 0) is 11.2 Å². The number of rotatable bonds is 8. The molecule has 2 aromatic rings. The Bertz CT molecular complexity index is 802. The molecule has 1 aromatic heterocycles. The number of hydrogen-bond donors (Lipinski definition) is 2. The number of halogens is 1. The highest BCUT2D eigenvalue weighted by Gasteiger charge is 2.23. The van der Waals surface area contributed by atoms with Gasteiger partial charge in [-0.25, -0.2) is 4.98 Å². The molecular formula is C22H34IN5O2S. The Morgan fingerprint density at radius 3 is 2.52 bits per heavy atom. The van der Waals surface area contributed by atoms with E-state index in [-0.39, 0.29) is 30.0 Å². The third-order valence-corrected chi connectivity index (χ3v) is 6.51. The highest BCUT2D eigenvalue weighted by molar-refractivity contribution is 14.0. The maximum atomic E-state index is 5.55.